The quantitative estimate of drug-likeness (QED) is 0.612. The van der Waals surface area contributed by atoms with Gasteiger partial charge in [-0.1, -0.05) is 88.7 Å². The molecule has 1 N–H and O–H groups in total. The van der Waals surface area contributed by atoms with Gasteiger partial charge in [0.2, 0.25) is 5.91 Å². The van der Waals surface area contributed by atoms with Gasteiger partial charge in [0, 0.05) is 4.47 Å². The molecule has 3 heteroatoms. The van der Waals surface area contributed by atoms with Crippen LogP contribution in [-0.4, -0.2) is 5.91 Å². The highest BCUT2D eigenvalue weighted by Gasteiger charge is 2.24. The molecule has 3 aromatic carbocycles. The highest BCUT2D eigenvalue weighted by Crippen LogP contribution is 2.26. The SMILES string of the molecule is C[C@@H](NC(=O)C(c1ccccc1)c1ccccc1)c1cccc(Br)c1. The minimum atomic E-state index is -0.322. The first-order valence-electron chi connectivity index (χ1n) is 8.31. The van der Waals surface area contributed by atoms with Gasteiger partial charge in [0.15, 0.2) is 0 Å². The molecule has 2 nitrogen and oxygen atoms in total. The first-order chi connectivity index (χ1) is 12.1. The van der Waals surface area contributed by atoms with Crippen molar-refractivity contribution < 1.29 is 4.79 Å². The minimum absolute atomic E-state index is 0.00451. The fourth-order valence-electron chi connectivity index (χ4n) is 2.94. The van der Waals surface area contributed by atoms with Gasteiger partial charge in [-0.05, 0) is 35.7 Å². The lowest BCUT2D eigenvalue weighted by molar-refractivity contribution is -0.122. The van der Waals surface area contributed by atoms with Gasteiger partial charge >= 0.3 is 0 Å². The topological polar surface area (TPSA) is 29.1 Å². The molecule has 0 fully saturated rings. The van der Waals surface area contributed by atoms with Gasteiger partial charge in [0.1, 0.15) is 0 Å². The van der Waals surface area contributed by atoms with Crippen LogP contribution < -0.4 is 5.32 Å². The highest BCUT2D eigenvalue weighted by atomic mass is 79.9. The maximum Gasteiger partial charge on any atom is 0.232 e. The Kier molecular flexibility index (Phi) is 5.67. The van der Waals surface area contributed by atoms with E-state index in [4.69, 9.17) is 0 Å². The molecule has 126 valence electrons. The molecule has 0 aliphatic rings. The van der Waals surface area contributed by atoms with Gasteiger partial charge in [0.05, 0.1) is 12.0 Å². The van der Waals surface area contributed by atoms with Crippen molar-refractivity contribution in [3.63, 3.8) is 0 Å². The number of rotatable bonds is 5. The lowest BCUT2D eigenvalue weighted by Crippen LogP contribution is -2.32. The van der Waals surface area contributed by atoms with Crippen molar-refractivity contribution in [2.24, 2.45) is 0 Å². The van der Waals surface area contributed by atoms with Gasteiger partial charge in [-0.15, -0.1) is 0 Å². The van der Waals surface area contributed by atoms with Crippen LogP contribution in [0.2, 0.25) is 0 Å². The van der Waals surface area contributed by atoms with E-state index in [-0.39, 0.29) is 17.9 Å². The molecule has 0 radical (unpaired) electrons. The van der Waals surface area contributed by atoms with Crippen LogP contribution in [0.5, 0.6) is 0 Å². The fraction of sp³-hybridized carbons (Fsp3) is 0.136. The van der Waals surface area contributed by atoms with Crippen LogP contribution in [0.15, 0.2) is 89.4 Å². The summed E-state index contributed by atoms with van der Waals surface area (Å²) in [5.74, 6) is -0.318. The maximum absolute atomic E-state index is 13.1. The second kappa shape index (κ2) is 8.13. The van der Waals surface area contributed by atoms with Gasteiger partial charge in [-0.3, -0.25) is 4.79 Å². The molecular formula is C22H20BrNO. The molecule has 3 aromatic rings. The van der Waals surface area contributed by atoms with Crippen molar-refractivity contribution in [2.45, 2.75) is 18.9 Å². The maximum atomic E-state index is 13.1. The van der Waals surface area contributed by atoms with Crippen molar-refractivity contribution >= 4 is 21.8 Å². The van der Waals surface area contributed by atoms with E-state index in [1.165, 1.54) is 0 Å². The average Bonchev–Trinajstić information content (AvgIpc) is 2.63. The summed E-state index contributed by atoms with van der Waals surface area (Å²) in [5.41, 5.74) is 3.06. The first kappa shape index (κ1) is 17.4. The average molecular weight is 394 g/mol. The van der Waals surface area contributed by atoms with E-state index in [0.29, 0.717) is 0 Å². The van der Waals surface area contributed by atoms with Gasteiger partial charge in [0.25, 0.3) is 0 Å². The Morgan fingerprint density at radius 3 is 1.84 bits per heavy atom. The molecule has 0 saturated carbocycles. The van der Waals surface area contributed by atoms with E-state index in [0.717, 1.165) is 21.2 Å². The minimum Gasteiger partial charge on any atom is -0.349 e. The number of carbonyl (C=O) groups excluding carboxylic acids is 1. The van der Waals surface area contributed by atoms with E-state index in [2.05, 4.69) is 21.2 Å². The second-order valence-electron chi connectivity index (χ2n) is 6.04. The van der Waals surface area contributed by atoms with Crippen LogP contribution in [0, 0.1) is 0 Å². The van der Waals surface area contributed by atoms with Crippen LogP contribution in [0.4, 0.5) is 0 Å². The van der Waals surface area contributed by atoms with Crippen molar-refractivity contribution in [1.82, 2.24) is 5.32 Å². The van der Waals surface area contributed by atoms with Gasteiger partial charge < -0.3 is 5.32 Å². The molecule has 0 unspecified atom stereocenters. The number of hydrogen-bond acceptors (Lipinski definition) is 1. The number of nitrogens with one attached hydrogen (secondary N) is 1. The molecule has 3 rings (SSSR count). The summed E-state index contributed by atoms with van der Waals surface area (Å²) in [6.45, 7) is 2.01. The molecule has 1 amide bonds. The molecule has 0 aliphatic carbocycles. The lowest BCUT2D eigenvalue weighted by Gasteiger charge is -2.21. The predicted octanol–water partition coefficient (Wildman–Crippen LogP) is 5.46. The summed E-state index contributed by atoms with van der Waals surface area (Å²) in [4.78, 5) is 13.1. The van der Waals surface area contributed by atoms with Crippen molar-refractivity contribution in [3.05, 3.63) is 106 Å². The van der Waals surface area contributed by atoms with E-state index >= 15 is 0 Å². The Balaban J connectivity index is 1.87. The zero-order valence-corrected chi connectivity index (χ0v) is 15.6. The normalized spacial score (nSPS) is 12.0. The van der Waals surface area contributed by atoms with Crippen LogP contribution >= 0.6 is 15.9 Å². The van der Waals surface area contributed by atoms with E-state index < -0.39 is 0 Å². The summed E-state index contributed by atoms with van der Waals surface area (Å²) in [7, 11) is 0. The summed E-state index contributed by atoms with van der Waals surface area (Å²) in [6, 6.07) is 27.8. The number of benzene rings is 3. The van der Waals surface area contributed by atoms with Crippen molar-refractivity contribution in [3.8, 4) is 0 Å². The standard InChI is InChI=1S/C22H20BrNO/c1-16(19-13-8-14-20(23)15-19)24-22(25)21(17-9-4-2-5-10-17)18-11-6-3-7-12-18/h2-16,21H,1H3,(H,24,25)/t16-/m1/s1. The van der Waals surface area contributed by atoms with E-state index in [1.54, 1.807) is 0 Å². The third-order valence-corrected chi connectivity index (χ3v) is 4.73. The molecule has 25 heavy (non-hydrogen) atoms. The molecule has 0 heterocycles. The Morgan fingerprint density at radius 2 is 1.32 bits per heavy atom. The second-order valence-corrected chi connectivity index (χ2v) is 6.96. The molecular weight excluding hydrogens is 374 g/mol. The van der Waals surface area contributed by atoms with Gasteiger partial charge in [-0.25, -0.2) is 0 Å². The molecule has 0 bridgehead atoms. The zero-order chi connectivity index (χ0) is 17.6. The number of hydrogen-bond donors (Lipinski definition) is 1. The zero-order valence-electron chi connectivity index (χ0n) is 14.0. The summed E-state index contributed by atoms with van der Waals surface area (Å²) in [5, 5.41) is 3.16. The third kappa shape index (κ3) is 4.37. The Hall–Kier alpha value is -2.39. The first-order valence-corrected chi connectivity index (χ1v) is 9.10. The van der Waals surface area contributed by atoms with E-state index in [1.807, 2.05) is 91.9 Å². The molecule has 0 aliphatic heterocycles. The summed E-state index contributed by atoms with van der Waals surface area (Å²) < 4.78 is 1.01. The number of carbonyl (C=O) groups is 1. The molecule has 0 spiro atoms. The Labute approximate surface area is 157 Å². The Morgan fingerprint density at radius 1 is 0.800 bits per heavy atom. The van der Waals surface area contributed by atoms with Crippen LogP contribution in [0.25, 0.3) is 0 Å². The lowest BCUT2D eigenvalue weighted by atomic mass is 9.90. The van der Waals surface area contributed by atoms with Crippen molar-refractivity contribution in [1.29, 1.82) is 0 Å². The largest absolute Gasteiger partial charge is 0.349 e. The van der Waals surface area contributed by atoms with Gasteiger partial charge in [-0.2, -0.15) is 0 Å². The highest BCUT2D eigenvalue weighted by molar-refractivity contribution is 9.10. The monoisotopic (exact) mass is 393 g/mol. The number of amides is 1. The molecule has 0 aromatic heterocycles. The predicted molar refractivity (Wildman–Crippen MR) is 105 cm³/mol. The van der Waals surface area contributed by atoms with Crippen LogP contribution in [-0.2, 0) is 4.79 Å². The van der Waals surface area contributed by atoms with Crippen molar-refractivity contribution in [2.75, 3.05) is 0 Å². The third-order valence-electron chi connectivity index (χ3n) is 4.24. The molecule has 1 atom stereocenters. The summed E-state index contributed by atoms with van der Waals surface area (Å²) >= 11 is 3.49. The van der Waals surface area contributed by atoms with E-state index in [9.17, 15) is 4.79 Å². The Bertz CT molecular complexity index is 793. The van der Waals surface area contributed by atoms with Crippen LogP contribution in [0.3, 0.4) is 0 Å². The fourth-order valence-corrected chi connectivity index (χ4v) is 3.36. The summed E-state index contributed by atoms with van der Waals surface area (Å²) in [6.07, 6.45) is 0. The molecule has 0 saturated heterocycles. The smallest absolute Gasteiger partial charge is 0.232 e. The van der Waals surface area contributed by atoms with Crippen LogP contribution in [0.1, 0.15) is 35.6 Å². The number of halogens is 1.